The molecule has 0 aliphatic heterocycles. The van der Waals surface area contributed by atoms with E-state index in [-0.39, 0.29) is 0 Å². The standard InChI is InChI=1S/C14H14BrN3/c15-12-6-4-5-11(9-12)10-17-14(16)18-13-7-2-1-3-8-13/h1-9H,10H2,(H3,16,17,18). The van der Waals surface area contributed by atoms with Crippen molar-refractivity contribution < 1.29 is 0 Å². The molecule has 3 N–H and O–H groups in total. The third-order valence-corrected chi connectivity index (χ3v) is 2.86. The highest BCUT2D eigenvalue weighted by Gasteiger charge is 1.95. The maximum absolute atomic E-state index is 5.82. The quantitative estimate of drug-likeness (QED) is 0.674. The van der Waals surface area contributed by atoms with Crippen LogP contribution in [0.2, 0.25) is 0 Å². The van der Waals surface area contributed by atoms with Gasteiger partial charge in [0.25, 0.3) is 0 Å². The van der Waals surface area contributed by atoms with E-state index in [0.29, 0.717) is 12.5 Å². The van der Waals surface area contributed by atoms with Gasteiger partial charge in [-0.2, -0.15) is 0 Å². The zero-order valence-electron chi connectivity index (χ0n) is 9.81. The number of aliphatic imine (C=N–C) groups is 1. The molecule has 0 aliphatic rings. The van der Waals surface area contributed by atoms with Crippen LogP contribution < -0.4 is 11.1 Å². The lowest BCUT2D eigenvalue weighted by Gasteiger charge is -2.05. The van der Waals surface area contributed by atoms with Gasteiger partial charge in [-0.3, -0.25) is 0 Å². The van der Waals surface area contributed by atoms with Crippen molar-refractivity contribution in [2.24, 2.45) is 10.7 Å². The first-order valence-electron chi connectivity index (χ1n) is 5.60. The van der Waals surface area contributed by atoms with Crippen LogP contribution in [0.1, 0.15) is 5.56 Å². The molecule has 0 heterocycles. The van der Waals surface area contributed by atoms with E-state index in [2.05, 4.69) is 26.2 Å². The number of hydrogen-bond donors (Lipinski definition) is 2. The van der Waals surface area contributed by atoms with Gasteiger partial charge in [-0.05, 0) is 29.8 Å². The summed E-state index contributed by atoms with van der Waals surface area (Å²) in [4.78, 5) is 4.29. The molecule has 0 atom stereocenters. The largest absolute Gasteiger partial charge is 0.370 e. The molecule has 3 nitrogen and oxygen atoms in total. The highest BCUT2D eigenvalue weighted by Crippen LogP contribution is 2.12. The first kappa shape index (κ1) is 12.6. The molecule has 0 fully saturated rings. The average molecular weight is 304 g/mol. The number of nitrogens with two attached hydrogens (primary N) is 1. The Morgan fingerprint density at radius 1 is 1.11 bits per heavy atom. The Morgan fingerprint density at radius 3 is 2.61 bits per heavy atom. The minimum Gasteiger partial charge on any atom is -0.370 e. The summed E-state index contributed by atoms with van der Waals surface area (Å²) in [6.45, 7) is 0.561. The Morgan fingerprint density at radius 2 is 1.89 bits per heavy atom. The maximum Gasteiger partial charge on any atom is 0.193 e. The monoisotopic (exact) mass is 303 g/mol. The van der Waals surface area contributed by atoms with Crippen molar-refractivity contribution >= 4 is 27.6 Å². The highest BCUT2D eigenvalue weighted by atomic mass is 79.9. The van der Waals surface area contributed by atoms with Crippen molar-refractivity contribution in [2.45, 2.75) is 6.54 Å². The number of anilines is 1. The zero-order valence-corrected chi connectivity index (χ0v) is 11.4. The predicted octanol–water partition coefficient (Wildman–Crippen LogP) is 3.38. The lowest BCUT2D eigenvalue weighted by atomic mass is 10.2. The fourth-order valence-corrected chi connectivity index (χ4v) is 1.97. The number of hydrogen-bond acceptors (Lipinski definition) is 1. The van der Waals surface area contributed by atoms with Gasteiger partial charge in [-0.15, -0.1) is 0 Å². The molecule has 0 radical (unpaired) electrons. The summed E-state index contributed by atoms with van der Waals surface area (Å²) >= 11 is 3.43. The Hall–Kier alpha value is -1.81. The Kier molecular flexibility index (Phi) is 4.36. The second-order valence-corrected chi connectivity index (χ2v) is 4.74. The van der Waals surface area contributed by atoms with Gasteiger partial charge in [0.1, 0.15) is 0 Å². The Labute approximate surface area is 115 Å². The van der Waals surface area contributed by atoms with Crippen LogP contribution in [0.4, 0.5) is 5.69 Å². The molecule has 0 aromatic heterocycles. The Balaban J connectivity index is 1.97. The molecular weight excluding hydrogens is 290 g/mol. The molecule has 0 spiro atoms. The molecule has 0 aliphatic carbocycles. The first-order chi connectivity index (χ1) is 8.74. The lowest BCUT2D eigenvalue weighted by molar-refractivity contribution is 1.06. The fourth-order valence-electron chi connectivity index (χ4n) is 1.52. The molecule has 0 bridgehead atoms. The zero-order chi connectivity index (χ0) is 12.8. The van der Waals surface area contributed by atoms with E-state index >= 15 is 0 Å². The van der Waals surface area contributed by atoms with Gasteiger partial charge in [0.05, 0.1) is 6.54 Å². The van der Waals surface area contributed by atoms with Crippen LogP contribution in [-0.4, -0.2) is 5.96 Å². The van der Waals surface area contributed by atoms with Crippen molar-refractivity contribution in [2.75, 3.05) is 5.32 Å². The van der Waals surface area contributed by atoms with Crippen molar-refractivity contribution in [3.05, 3.63) is 64.6 Å². The molecule has 18 heavy (non-hydrogen) atoms. The van der Waals surface area contributed by atoms with Crippen LogP contribution in [0.3, 0.4) is 0 Å². The average Bonchev–Trinajstić information content (AvgIpc) is 2.38. The van der Waals surface area contributed by atoms with E-state index < -0.39 is 0 Å². The molecule has 0 saturated carbocycles. The minimum absolute atomic E-state index is 0.418. The van der Waals surface area contributed by atoms with E-state index in [0.717, 1.165) is 15.7 Å². The number of benzene rings is 2. The normalized spacial score (nSPS) is 11.3. The van der Waals surface area contributed by atoms with E-state index in [4.69, 9.17) is 5.73 Å². The Bertz CT molecular complexity index is 538. The topological polar surface area (TPSA) is 50.4 Å². The van der Waals surface area contributed by atoms with Gasteiger partial charge in [0.2, 0.25) is 0 Å². The van der Waals surface area contributed by atoms with Gasteiger partial charge in [-0.1, -0.05) is 46.3 Å². The smallest absolute Gasteiger partial charge is 0.193 e. The molecule has 2 aromatic rings. The van der Waals surface area contributed by atoms with Crippen LogP contribution in [0.25, 0.3) is 0 Å². The lowest BCUT2D eigenvalue weighted by Crippen LogP contribution is -2.22. The summed E-state index contributed by atoms with van der Waals surface area (Å²) in [5.41, 5.74) is 7.87. The third kappa shape index (κ3) is 3.89. The summed E-state index contributed by atoms with van der Waals surface area (Å²) in [5, 5.41) is 3.04. The molecule has 4 heteroatoms. The van der Waals surface area contributed by atoms with Crippen LogP contribution in [0.15, 0.2) is 64.1 Å². The first-order valence-corrected chi connectivity index (χ1v) is 6.40. The summed E-state index contributed by atoms with van der Waals surface area (Å²) < 4.78 is 1.05. The third-order valence-electron chi connectivity index (χ3n) is 2.37. The summed E-state index contributed by atoms with van der Waals surface area (Å²) in [5.74, 6) is 0.418. The van der Waals surface area contributed by atoms with E-state index in [9.17, 15) is 0 Å². The summed E-state index contributed by atoms with van der Waals surface area (Å²) in [7, 11) is 0. The molecule has 2 rings (SSSR count). The molecule has 92 valence electrons. The van der Waals surface area contributed by atoms with Gasteiger partial charge in [-0.25, -0.2) is 4.99 Å². The molecule has 0 unspecified atom stereocenters. The molecule has 0 saturated heterocycles. The van der Waals surface area contributed by atoms with Crippen molar-refractivity contribution in [1.29, 1.82) is 0 Å². The number of para-hydroxylation sites is 1. The number of nitrogens with one attached hydrogen (secondary N) is 1. The fraction of sp³-hybridized carbons (Fsp3) is 0.0714. The highest BCUT2D eigenvalue weighted by molar-refractivity contribution is 9.10. The van der Waals surface area contributed by atoms with Gasteiger partial charge < -0.3 is 11.1 Å². The van der Waals surface area contributed by atoms with Crippen LogP contribution in [0.5, 0.6) is 0 Å². The number of nitrogens with zero attached hydrogens (tertiary/aromatic N) is 1. The van der Waals surface area contributed by atoms with E-state index in [1.54, 1.807) is 0 Å². The second kappa shape index (κ2) is 6.21. The molecular formula is C14H14BrN3. The summed E-state index contributed by atoms with van der Waals surface area (Å²) in [6.07, 6.45) is 0. The van der Waals surface area contributed by atoms with Gasteiger partial charge >= 0.3 is 0 Å². The number of guanidine groups is 1. The minimum atomic E-state index is 0.418. The number of halogens is 1. The SMILES string of the molecule is NC(=NCc1cccc(Br)c1)Nc1ccccc1. The van der Waals surface area contributed by atoms with E-state index in [1.807, 2.05) is 54.6 Å². The van der Waals surface area contributed by atoms with E-state index in [1.165, 1.54) is 0 Å². The maximum atomic E-state index is 5.82. The second-order valence-electron chi connectivity index (χ2n) is 3.82. The van der Waals surface area contributed by atoms with Crippen LogP contribution in [-0.2, 0) is 6.54 Å². The predicted molar refractivity (Wildman–Crippen MR) is 79.5 cm³/mol. The van der Waals surface area contributed by atoms with Crippen molar-refractivity contribution in [3.63, 3.8) is 0 Å². The molecule has 0 amide bonds. The van der Waals surface area contributed by atoms with Crippen LogP contribution >= 0.6 is 15.9 Å². The molecule has 2 aromatic carbocycles. The van der Waals surface area contributed by atoms with Gasteiger partial charge in [0.15, 0.2) is 5.96 Å². The van der Waals surface area contributed by atoms with Crippen molar-refractivity contribution in [3.8, 4) is 0 Å². The van der Waals surface area contributed by atoms with Gasteiger partial charge in [0, 0.05) is 10.2 Å². The number of rotatable bonds is 3. The summed E-state index contributed by atoms with van der Waals surface area (Å²) in [6, 6.07) is 17.8. The van der Waals surface area contributed by atoms with Crippen LogP contribution in [0, 0.1) is 0 Å². The van der Waals surface area contributed by atoms with Crippen molar-refractivity contribution in [1.82, 2.24) is 0 Å².